The maximum Gasteiger partial charge on any atom is 0.0230 e. The predicted octanol–water partition coefficient (Wildman–Crippen LogP) is 1.70. The van der Waals surface area contributed by atoms with Crippen molar-refractivity contribution in [2.75, 3.05) is 19.6 Å². The Morgan fingerprint density at radius 1 is 1.46 bits per heavy atom. The molecule has 0 aliphatic carbocycles. The quantitative estimate of drug-likeness (QED) is 0.720. The number of likely N-dealkylation sites (tertiary alicyclic amines) is 1. The third-order valence-electron chi connectivity index (χ3n) is 3.71. The fourth-order valence-electron chi connectivity index (χ4n) is 1.68. The van der Waals surface area contributed by atoms with Crippen LogP contribution < -0.4 is 5.73 Å². The van der Waals surface area contributed by atoms with Gasteiger partial charge in [-0.15, -0.1) is 0 Å². The van der Waals surface area contributed by atoms with Crippen molar-refractivity contribution >= 4 is 0 Å². The van der Waals surface area contributed by atoms with Crippen molar-refractivity contribution in [3.63, 3.8) is 0 Å². The van der Waals surface area contributed by atoms with E-state index < -0.39 is 0 Å². The molecule has 0 aromatic rings. The molecule has 0 saturated carbocycles. The molecule has 1 rings (SSSR count). The molecular formula is C11H24N2. The molecular weight excluding hydrogens is 160 g/mol. The van der Waals surface area contributed by atoms with Crippen LogP contribution in [0.25, 0.3) is 0 Å². The van der Waals surface area contributed by atoms with E-state index in [-0.39, 0.29) is 0 Å². The van der Waals surface area contributed by atoms with Crippen LogP contribution in [-0.4, -0.2) is 30.6 Å². The lowest BCUT2D eigenvalue weighted by Crippen LogP contribution is -2.55. The minimum atomic E-state index is 0.424. The molecule has 1 aliphatic heterocycles. The van der Waals surface area contributed by atoms with Crippen LogP contribution in [0.1, 0.15) is 34.1 Å². The molecule has 1 saturated heterocycles. The zero-order valence-electron chi connectivity index (χ0n) is 9.51. The van der Waals surface area contributed by atoms with Crippen LogP contribution in [0, 0.1) is 11.3 Å². The average Bonchev–Trinajstić information content (AvgIpc) is 1.99. The molecule has 1 heterocycles. The molecule has 0 aromatic carbocycles. The lowest BCUT2D eigenvalue weighted by atomic mass is 9.79. The Balaban J connectivity index is 2.39. The normalized spacial score (nSPS) is 24.9. The van der Waals surface area contributed by atoms with Crippen LogP contribution in [-0.2, 0) is 0 Å². The van der Waals surface area contributed by atoms with E-state index in [1.807, 2.05) is 0 Å². The summed E-state index contributed by atoms with van der Waals surface area (Å²) in [5.41, 5.74) is 6.10. The minimum absolute atomic E-state index is 0.424. The monoisotopic (exact) mass is 184 g/mol. The van der Waals surface area contributed by atoms with Gasteiger partial charge in [-0.2, -0.15) is 0 Å². The summed E-state index contributed by atoms with van der Waals surface area (Å²) >= 11 is 0. The van der Waals surface area contributed by atoms with Crippen molar-refractivity contribution in [3.05, 3.63) is 0 Å². The predicted molar refractivity (Wildman–Crippen MR) is 57.7 cm³/mol. The largest absolute Gasteiger partial charge is 0.329 e. The molecule has 0 amide bonds. The summed E-state index contributed by atoms with van der Waals surface area (Å²) in [6.07, 6.45) is 1.30. The molecule has 1 atom stereocenters. The van der Waals surface area contributed by atoms with Gasteiger partial charge in [0, 0.05) is 25.7 Å². The first-order valence-corrected chi connectivity index (χ1v) is 5.41. The van der Waals surface area contributed by atoms with Gasteiger partial charge in [0.15, 0.2) is 0 Å². The van der Waals surface area contributed by atoms with Gasteiger partial charge >= 0.3 is 0 Å². The molecule has 1 aliphatic rings. The van der Waals surface area contributed by atoms with Gasteiger partial charge in [-0.1, -0.05) is 27.7 Å². The molecule has 2 N–H and O–H groups in total. The molecule has 0 spiro atoms. The van der Waals surface area contributed by atoms with Crippen molar-refractivity contribution in [3.8, 4) is 0 Å². The Morgan fingerprint density at radius 2 is 2.08 bits per heavy atom. The van der Waals surface area contributed by atoms with Crippen LogP contribution in [0.15, 0.2) is 0 Å². The fourth-order valence-corrected chi connectivity index (χ4v) is 1.68. The minimum Gasteiger partial charge on any atom is -0.329 e. The molecule has 0 radical (unpaired) electrons. The lowest BCUT2D eigenvalue weighted by molar-refractivity contribution is 0.0357. The topological polar surface area (TPSA) is 29.3 Å². The number of rotatable bonds is 4. The highest BCUT2D eigenvalue weighted by Crippen LogP contribution is 2.30. The summed E-state index contributed by atoms with van der Waals surface area (Å²) in [6.45, 7) is 12.6. The van der Waals surface area contributed by atoms with Crippen LogP contribution in [0.4, 0.5) is 0 Å². The van der Waals surface area contributed by atoms with Crippen LogP contribution in [0.3, 0.4) is 0 Å². The van der Waals surface area contributed by atoms with Crippen molar-refractivity contribution in [2.45, 2.75) is 40.2 Å². The highest BCUT2D eigenvalue weighted by atomic mass is 15.2. The van der Waals surface area contributed by atoms with Crippen LogP contribution in [0.5, 0.6) is 0 Å². The van der Waals surface area contributed by atoms with E-state index in [0.29, 0.717) is 11.5 Å². The van der Waals surface area contributed by atoms with Gasteiger partial charge in [0.25, 0.3) is 0 Å². The first-order valence-electron chi connectivity index (χ1n) is 5.41. The lowest BCUT2D eigenvalue weighted by Gasteiger charge is -2.46. The van der Waals surface area contributed by atoms with Crippen molar-refractivity contribution < 1.29 is 0 Å². The average molecular weight is 184 g/mol. The second-order valence-corrected chi connectivity index (χ2v) is 5.29. The van der Waals surface area contributed by atoms with Gasteiger partial charge < -0.3 is 5.73 Å². The first-order chi connectivity index (χ1) is 5.97. The van der Waals surface area contributed by atoms with Crippen LogP contribution >= 0.6 is 0 Å². The molecule has 2 nitrogen and oxygen atoms in total. The third-order valence-corrected chi connectivity index (χ3v) is 3.71. The zero-order chi connectivity index (χ0) is 10.1. The summed E-state index contributed by atoms with van der Waals surface area (Å²) in [5.74, 6) is 0.742. The van der Waals surface area contributed by atoms with Crippen molar-refractivity contribution in [1.29, 1.82) is 0 Å². The maximum atomic E-state index is 5.68. The summed E-state index contributed by atoms with van der Waals surface area (Å²) in [6, 6.07) is 0.665. The highest BCUT2D eigenvalue weighted by Gasteiger charge is 2.33. The Morgan fingerprint density at radius 3 is 2.38 bits per heavy atom. The first kappa shape index (κ1) is 11.0. The summed E-state index contributed by atoms with van der Waals surface area (Å²) in [7, 11) is 0. The maximum absolute atomic E-state index is 5.68. The van der Waals surface area contributed by atoms with Crippen molar-refractivity contribution in [2.24, 2.45) is 17.1 Å². The van der Waals surface area contributed by atoms with Crippen molar-refractivity contribution in [1.82, 2.24) is 4.90 Å². The molecule has 0 bridgehead atoms. The zero-order valence-corrected chi connectivity index (χ0v) is 9.51. The van der Waals surface area contributed by atoms with E-state index in [0.717, 1.165) is 12.5 Å². The van der Waals surface area contributed by atoms with Crippen LogP contribution in [0.2, 0.25) is 0 Å². The van der Waals surface area contributed by atoms with Gasteiger partial charge in [-0.25, -0.2) is 0 Å². The van der Waals surface area contributed by atoms with Gasteiger partial charge in [0.05, 0.1) is 0 Å². The summed E-state index contributed by atoms with van der Waals surface area (Å²) in [4.78, 5) is 2.53. The Kier molecular flexibility index (Phi) is 3.36. The number of hydrogen-bond donors (Lipinski definition) is 1. The number of nitrogens with two attached hydrogens (primary N) is 1. The smallest absolute Gasteiger partial charge is 0.0230 e. The second-order valence-electron chi connectivity index (χ2n) is 5.29. The second kappa shape index (κ2) is 3.97. The molecule has 78 valence electrons. The van der Waals surface area contributed by atoms with E-state index in [9.17, 15) is 0 Å². The van der Waals surface area contributed by atoms with E-state index in [1.165, 1.54) is 19.5 Å². The molecule has 0 aromatic heterocycles. The highest BCUT2D eigenvalue weighted by molar-refractivity contribution is 4.88. The molecule has 2 heteroatoms. The van der Waals surface area contributed by atoms with E-state index in [1.54, 1.807) is 0 Å². The van der Waals surface area contributed by atoms with Gasteiger partial charge in [0.2, 0.25) is 0 Å². The number of hydrogen-bond acceptors (Lipinski definition) is 2. The SMILES string of the molecule is CC(C)C(C)(C)CN1CCC1CN. The van der Waals surface area contributed by atoms with E-state index >= 15 is 0 Å². The Hall–Kier alpha value is -0.0800. The molecule has 1 unspecified atom stereocenters. The molecule has 13 heavy (non-hydrogen) atoms. The fraction of sp³-hybridized carbons (Fsp3) is 1.00. The number of nitrogens with zero attached hydrogens (tertiary/aromatic N) is 1. The van der Waals surface area contributed by atoms with Gasteiger partial charge in [-0.05, 0) is 17.8 Å². The van der Waals surface area contributed by atoms with E-state index in [2.05, 4.69) is 32.6 Å². The Bertz CT molecular complexity index is 161. The summed E-state index contributed by atoms with van der Waals surface area (Å²) < 4.78 is 0. The van der Waals surface area contributed by atoms with Gasteiger partial charge in [0.1, 0.15) is 0 Å². The van der Waals surface area contributed by atoms with Gasteiger partial charge in [-0.3, -0.25) is 4.90 Å². The molecule has 1 fully saturated rings. The standard InChI is InChI=1S/C11H24N2/c1-9(2)11(3,4)8-13-6-5-10(13)7-12/h9-10H,5-8,12H2,1-4H3. The summed E-state index contributed by atoms with van der Waals surface area (Å²) in [5, 5.41) is 0. The third kappa shape index (κ3) is 2.44. The van der Waals surface area contributed by atoms with E-state index in [4.69, 9.17) is 5.73 Å². The Labute approximate surface area is 82.5 Å².